The van der Waals surface area contributed by atoms with Crippen molar-refractivity contribution < 1.29 is 0 Å². The van der Waals surface area contributed by atoms with Gasteiger partial charge in [0.1, 0.15) is 0 Å². The van der Waals surface area contributed by atoms with Gasteiger partial charge in [0.15, 0.2) is 11.6 Å². The fraction of sp³-hybridized carbons (Fsp3) is 0.100. The highest BCUT2D eigenvalue weighted by molar-refractivity contribution is 7.25. The first-order chi connectivity index (χ1) is 27.2. The van der Waals surface area contributed by atoms with Crippen LogP contribution < -0.4 is 0 Å². The predicted octanol–water partition coefficient (Wildman–Crippen LogP) is 13.5. The first kappa shape index (κ1) is 33.2. The summed E-state index contributed by atoms with van der Waals surface area (Å²) < 4.78 is 4.96. The first-order valence-corrected chi connectivity index (χ1v) is 20.0. The van der Waals surface area contributed by atoms with Gasteiger partial charge in [-0.2, -0.15) is 9.97 Å². The zero-order chi connectivity index (χ0) is 37.0. The molecule has 3 aromatic heterocycles. The lowest BCUT2D eigenvalue weighted by molar-refractivity contribution is 0.712. The Morgan fingerprint density at radius 2 is 1.18 bits per heavy atom. The fourth-order valence-electron chi connectivity index (χ4n) is 8.31. The number of rotatable bonds is 4. The predicted molar refractivity (Wildman–Crippen MR) is 233 cm³/mol. The second kappa shape index (κ2) is 13.5. The van der Waals surface area contributed by atoms with Gasteiger partial charge in [0.05, 0.1) is 11.2 Å². The molecule has 1 unspecified atom stereocenters. The van der Waals surface area contributed by atoms with Gasteiger partial charge in [-0.1, -0.05) is 154 Å². The van der Waals surface area contributed by atoms with E-state index in [0.717, 1.165) is 34.1 Å². The Kier molecular flexibility index (Phi) is 8.11. The molecule has 1 aliphatic rings. The third-order valence-corrected chi connectivity index (χ3v) is 11.9. The molecule has 0 saturated carbocycles. The van der Waals surface area contributed by atoms with Gasteiger partial charge in [-0.05, 0) is 63.9 Å². The van der Waals surface area contributed by atoms with E-state index < -0.39 is 0 Å². The van der Waals surface area contributed by atoms with E-state index in [9.17, 15) is 0 Å². The Balaban J connectivity index is 0.00000183. The summed E-state index contributed by atoms with van der Waals surface area (Å²) in [5.74, 6) is 2.27. The summed E-state index contributed by atoms with van der Waals surface area (Å²) in [7, 11) is 0. The molecule has 0 spiro atoms. The van der Waals surface area contributed by atoms with Gasteiger partial charge in [0.2, 0.25) is 5.95 Å². The van der Waals surface area contributed by atoms with E-state index in [0.29, 0.717) is 23.5 Å². The molecule has 1 aliphatic carbocycles. The molecule has 0 N–H and O–H groups in total. The molecule has 1 atom stereocenters. The summed E-state index contributed by atoms with van der Waals surface area (Å²) >= 11 is 1.86. The van der Waals surface area contributed by atoms with Crippen molar-refractivity contribution in [2.75, 3.05) is 0 Å². The van der Waals surface area contributed by atoms with E-state index in [1.165, 1.54) is 58.4 Å². The van der Waals surface area contributed by atoms with Gasteiger partial charge in [-0.15, -0.1) is 11.3 Å². The van der Waals surface area contributed by atoms with Crippen molar-refractivity contribution in [3.8, 4) is 28.7 Å². The lowest BCUT2D eigenvalue weighted by Gasteiger charge is -2.22. The third-order valence-electron chi connectivity index (χ3n) is 10.7. The van der Waals surface area contributed by atoms with Gasteiger partial charge in [-0.25, -0.2) is 4.98 Å². The van der Waals surface area contributed by atoms with E-state index >= 15 is 0 Å². The maximum Gasteiger partial charge on any atom is 0.238 e. The van der Waals surface area contributed by atoms with Gasteiger partial charge in [-0.3, -0.25) is 4.57 Å². The molecule has 0 aliphatic heterocycles. The van der Waals surface area contributed by atoms with E-state index in [-0.39, 0.29) is 0 Å². The van der Waals surface area contributed by atoms with E-state index in [1.54, 1.807) is 0 Å². The molecule has 5 heteroatoms. The Morgan fingerprint density at radius 3 is 2.02 bits per heavy atom. The number of hydrogen-bond acceptors (Lipinski definition) is 4. The number of fused-ring (bicyclic) bond motifs is 9. The summed E-state index contributed by atoms with van der Waals surface area (Å²) in [5, 5.41) is 8.54. The van der Waals surface area contributed by atoms with E-state index in [2.05, 4.69) is 151 Å². The van der Waals surface area contributed by atoms with Crippen LogP contribution in [0.5, 0.6) is 0 Å². The molecule has 0 fully saturated rings. The van der Waals surface area contributed by atoms with Crippen LogP contribution in [0.25, 0.3) is 86.9 Å². The highest BCUT2D eigenvalue weighted by Crippen LogP contribution is 2.45. The van der Waals surface area contributed by atoms with Crippen molar-refractivity contribution in [2.24, 2.45) is 5.92 Å². The van der Waals surface area contributed by atoms with E-state index in [1.807, 2.05) is 43.4 Å². The van der Waals surface area contributed by atoms with Crippen LogP contribution in [0.2, 0.25) is 0 Å². The normalized spacial score (nSPS) is 13.9. The maximum atomic E-state index is 5.39. The van der Waals surface area contributed by atoms with Crippen LogP contribution in [0, 0.1) is 5.92 Å². The van der Waals surface area contributed by atoms with Gasteiger partial charge in [0.25, 0.3) is 0 Å². The number of allylic oxidation sites excluding steroid dienone is 1. The quantitative estimate of drug-likeness (QED) is 0.181. The standard InChI is InChI=1S/C48H32N4S.C2H6/c1-29-25-39(34-22-24-43-40(28-34)37-17-9-10-18-42(37)53-43)45-41(26-29)38-23-21-31-12-7-8-16-36(31)44(38)52(45)48-50-46(32-13-3-2-4-14-32)49-47(51-48)35-20-19-30-11-5-6-15-33(30)27-35;1-2/h2-25,27-29H,26H2,1H3;1-2H3. The zero-order valence-electron chi connectivity index (χ0n) is 31.0. The minimum Gasteiger partial charge on any atom is -0.277 e. The molecule has 0 bridgehead atoms. The van der Waals surface area contributed by atoms with Crippen molar-refractivity contribution in [3.63, 3.8) is 0 Å². The van der Waals surface area contributed by atoms with Crippen LogP contribution in [0.4, 0.5) is 0 Å². The number of nitrogens with zero attached hydrogens (tertiary/aromatic N) is 4. The molecule has 7 aromatic carbocycles. The monoisotopic (exact) mass is 726 g/mol. The van der Waals surface area contributed by atoms with Crippen molar-refractivity contribution in [1.29, 1.82) is 0 Å². The second-order valence-corrected chi connectivity index (χ2v) is 15.2. The summed E-state index contributed by atoms with van der Waals surface area (Å²) in [5.41, 5.74) is 7.94. The molecule has 10 aromatic rings. The molecule has 0 radical (unpaired) electrons. The van der Waals surface area contributed by atoms with E-state index in [4.69, 9.17) is 15.0 Å². The second-order valence-electron chi connectivity index (χ2n) is 14.1. The van der Waals surface area contributed by atoms with Gasteiger partial charge >= 0.3 is 0 Å². The Hall–Kier alpha value is -6.43. The summed E-state index contributed by atoms with van der Waals surface area (Å²) in [6.45, 7) is 6.33. The van der Waals surface area contributed by atoms with Crippen molar-refractivity contribution in [3.05, 3.63) is 175 Å². The number of aromatic nitrogens is 4. The van der Waals surface area contributed by atoms with Crippen LogP contribution in [-0.4, -0.2) is 19.5 Å². The molecular formula is C50H38N4S. The number of hydrogen-bond donors (Lipinski definition) is 0. The first-order valence-electron chi connectivity index (χ1n) is 19.2. The lowest BCUT2D eigenvalue weighted by atomic mass is 9.85. The number of benzene rings is 7. The maximum absolute atomic E-state index is 5.39. The summed E-state index contributed by atoms with van der Waals surface area (Å²) in [6, 6.07) is 54.2. The van der Waals surface area contributed by atoms with Crippen LogP contribution in [-0.2, 0) is 6.42 Å². The Morgan fingerprint density at radius 1 is 0.527 bits per heavy atom. The SMILES string of the molecule is CC.CC1C=C(c2ccc3sc4ccccc4c3c2)c2c(c3ccc4ccccc4c3n2-c2nc(-c3ccccc3)nc(-c3ccc4ccccc4c3)n2)C1. The van der Waals surface area contributed by atoms with Gasteiger partial charge < -0.3 is 0 Å². The van der Waals surface area contributed by atoms with Crippen molar-refractivity contribution in [1.82, 2.24) is 19.5 Å². The molecule has 11 rings (SSSR count). The fourth-order valence-corrected chi connectivity index (χ4v) is 9.40. The molecular weight excluding hydrogens is 689 g/mol. The molecule has 0 saturated heterocycles. The average Bonchev–Trinajstić information content (AvgIpc) is 3.80. The van der Waals surface area contributed by atoms with Gasteiger partial charge in [0, 0.05) is 47.6 Å². The molecule has 3 heterocycles. The van der Waals surface area contributed by atoms with Crippen molar-refractivity contribution >= 4 is 69.5 Å². The molecule has 4 nitrogen and oxygen atoms in total. The average molecular weight is 727 g/mol. The molecule has 0 amide bonds. The molecule has 264 valence electrons. The lowest BCUT2D eigenvalue weighted by Crippen LogP contribution is -2.13. The Bertz CT molecular complexity index is 3120. The third kappa shape index (κ3) is 5.54. The largest absolute Gasteiger partial charge is 0.277 e. The van der Waals surface area contributed by atoms with Crippen LogP contribution >= 0.6 is 11.3 Å². The number of thiophene rings is 1. The van der Waals surface area contributed by atoms with Crippen LogP contribution in [0.3, 0.4) is 0 Å². The van der Waals surface area contributed by atoms with Crippen LogP contribution in [0.1, 0.15) is 37.6 Å². The van der Waals surface area contributed by atoms with Crippen molar-refractivity contribution in [2.45, 2.75) is 27.2 Å². The summed E-state index contributed by atoms with van der Waals surface area (Å²) in [6.07, 6.45) is 3.39. The smallest absolute Gasteiger partial charge is 0.238 e. The highest BCUT2D eigenvalue weighted by atomic mass is 32.1. The summed E-state index contributed by atoms with van der Waals surface area (Å²) in [4.78, 5) is 15.9. The van der Waals surface area contributed by atoms with Crippen LogP contribution in [0.15, 0.2) is 158 Å². The minimum absolute atomic E-state index is 0.351. The zero-order valence-corrected chi connectivity index (χ0v) is 31.8. The topological polar surface area (TPSA) is 43.6 Å². The Labute approximate surface area is 324 Å². The highest BCUT2D eigenvalue weighted by Gasteiger charge is 2.30. The molecule has 55 heavy (non-hydrogen) atoms. The minimum atomic E-state index is 0.351.